The van der Waals surface area contributed by atoms with E-state index >= 15 is 0 Å². The number of thioether (sulfide) groups is 2. The van der Waals surface area contributed by atoms with Gasteiger partial charge in [0.25, 0.3) is 0 Å². The zero-order chi connectivity index (χ0) is 37.7. The average molecular weight is 707 g/mol. The van der Waals surface area contributed by atoms with Crippen LogP contribution >= 0.6 is 23.5 Å². The Morgan fingerprint density at radius 3 is 1.02 bits per heavy atom. The van der Waals surface area contributed by atoms with Gasteiger partial charge < -0.3 is 10.2 Å². The molecular weight excluding hydrogens is 625 g/mol. The SMILES string of the molecule is CC(C)C(SCCO)C(C)(C)CC(C)(C)CC(C)(C)c1cc(C(C)(C)C)cc(C(C)(C)CC(C)(C)CC(C)(C)C(SCCO)C(C)C)c1. The second-order valence-electron chi connectivity index (χ2n) is 21.3. The largest absolute Gasteiger partial charge is 0.396 e. The molecule has 0 bridgehead atoms. The number of aliphatic hydroxyl groups is 2. The minimum absolute atomic E-state index is 0.0170. The van der Waals surface area contributed by atoms with Gasteiger partial charge in [0.05, 0.1) is 13.2 Å². The van der Waals surface area contributed by atoms with Crippen LogP contribution in [-0.4, -0.2) is 45.4 Å². The molecule has 2 nitrogen and oxygen atoms in total. The number of rotatable bonds is 20. The molecule has 0 amide bonds. The summed E-state index contributed by atoms with van der Waals surface area (Å²) in [5.74, 6) is 2.76. The molecule has 2 N–H and O–H groups in total. The standard InChI is InChI=1S/C44H82O2S2/c1-31(2)36(47-22-20-45)43(16,17)29-39(8,9)27-41(12,13)34-24-33(38(5,6)7)25-35(26-34)42(14,15)28-40(10,11)30-44(18,19)37(32(3)4)48-23-21-46/h24-26,31-32,36-37,45-46H,20-23,27-30H2,1-19H3. The maximum absolute atomic E-state index is 9.59. The molecule has 282 valence electrons. The molecule has 0 aliphatic rings. The maximum Gasteiger partial charge on any atom is 0.0521 e. The van der Waals surface area contributed by atoms with Crippen LogP contribution in [0.3, 0.4) is 0 Å². The first-order valence-electron chi connectivity index (χ1n) is 19.0. The number of hydrogen-bond acceptors (Lipinski definition) is 4. The predicted molar refractivity (Wildman–Crippen MR) is 221 cm³/mol. The van der Waals surface area contributed by atoms with Gasteiger partial charge in [-0.1, -0.05) is 150 Å². The van der Waals surface area contributed by atoms with Gasteiger partial charge in [-0.3, -0.25) is 0 Å². The van der Waals surface area contributed by atoms with Crippen LogP contribution < -0.4 is 0 Å². The van der Waals surface area contributed by atoms with Crippen molar-refractivity contribution in [3.8, 4) is 0 Å². The highest BCUT2D eigenvalue weighted by molar-refractivity contribution is 8.00. The predicted octanol–water partition coefficient (Wildman–Crippen LogP) is 12.7. The molecule has 0 radical (unpaired) electrons. The van der Waals surface area contributed by atoms with Crippen LogP contribution in [0.1, 0.15) is 174 Å². The van der Waals surface area contributed by atoms with E-state index < -0.39 is 0 Å². The summed E-state index contributed by atoms with van der Waals surface area (Å²) in [6.45, 7) is 46.6. The van der Waals surface area contributed by atoms with Crippen LogP contribution in [0.5, 0.6) is 0 Å². The van der Waals surface area contributed by atoms with Crippen molar-refractivity contribution in [3.05, 3.63) is 34.9 Å². The lowest BCUT2D eigenvalue weighted by molar-refractivity contribution is 0.138. The van der Waals surface area contributed by atoms with E-state index in [9.17, 15) is 10.2 Å². The summed E-state index contributed by atoms with van der Waals surface area (Å²) >= 11 is 3.91. The Morgan fingerprint density at radius 1 is 0.479 bits per heavy atom. The molecule has 0 fully saturated rings. The Bertz CT molecular complexity index is 1040. The summed E-state index contributed by atoms with van der Waals surface area (Å²) in [6.07, 6.45) is 4.54. The van der Waals surface area contributed by atoms with Crippen LogP contribution in [0.4, 0.5) is 0 Å². The third-order valence-corrected chi connectivity index (χ3v) is 14.5. The van der Waals surface area contributed by atoms with E-state index in [1.807, 2.05) is 23.5 Å². The normalized spacial score (nSPS) is 15.8. The fourth-order valence-electron chi connectivity index (χ4n) is 10.2. The van der Waals surface area contributed by atoms with E-state index in [0.29, 0.717) is 22.3 Å². The molecule has 0 saturated carbocycles. The fraction of sp³-hybridized carbons (Fsp3) is 0.864. The van der Waals surface area contributed by atoms with E-state index in [1.54, 1.807) is 0 Å². The van der Waals surface area contributed by atoms with Crippen molar-refractivity contribution >= 4 is 23.5 Å². The highest BCUT2D eigenvalue weighted by Gasteiger charge is 2.42. The van der Waals surface area contributed by atoms with Crippen LogP contribution in [0.25, 0.3) is 0 Å². The van der Waals surface area contributed by atoms with E-state index in [1.165, 1.54) is 16.7 Å². The first-order chi connectivity index (χ1) is 21.4. The first-order valence-corrected chi connectivity index (χ1v) is 21.1. The molecule has 2 unspecified atom stereocenters. The van der Waals surface area contributed by atoms with E-state index in [-0.39, 0.29) is 51.1 Å². The summed E-state index contributed by atoms with van der Waals surface area (Å²) in [7, 11) is 0. The van der Waals surface area contributed by atoms with Gasteiger partial charge in [-0.25, -0.2) is 0 Å². The Morgan fingerprint density at radius 2 is 0.771 bits per heavy atom. The lowest BCUT2D eigenvalue weighted by Gasteiger charge is -2.45. The molecule has 0 heterocycles. The monoisotopic (exact) mass is 707 g/mol. The zero-order valence-electron chi connectivity index (χ0n) is 35.4. The summed E-state index contributed by atoms with van der Waals surface area (Å²) in [5, 5.41) is 20.2. The highest BCUT2D eigenvalue weighted by atomic mass is 32.2. The minimum atomic E-state index is 0.0170. The highest BCUT2D eigenvalue weighted by Crippen LogP contribution is 2.51. The van der Waals surface area contributed by atoms with Crippen LogP contribution in [0.2, 0.25) is 0 Å². The molecule has 0 aromatic heterocycles. The van der Waals surface area contributed by atoms with Crippen molar-refractivity contribution in [1.29, 1.82) is 0 Å². The zero-order valence-corrected chi connectivity index (χ0v) is 37.0. The molecule has 4 heteroatoms. The van der Waals surface area contributed by atoms with Gasteiger partial charge in [0.15, 0.2) is 0 Å². The number of benzene rings is 1. The lowest BCUT2D eigenvalue weighted by atomic mass is 9.62. The first kappa shape index (κ1) is 45.9. The van der Waals surface area contributed by atoms with Crippen molar-refractivity contribution in [3.63, 3.8) is 0 Å². The molecule has 0 spiro atoms. The Balaban J connectivity index is 3.52. The smallest absolute Gasteiger partial charge is 0.0521 e. The Hall–Kier alpha value is -0.160. The molecule has 0 aliphatic carbocycles. The van der Waals surface area contributed by atoms with Crippen molar-refractivity contribution in [2.75, 3.05) is 24.7 Å². The van der Waals surface area contributed by atoms with Gasteiger partial charge in [0.2, 0.25) is 0 Å². The van der Waals surface area contributed by atoms with Crippen molar-refractivity contribution in [2.24, 2.45) is 33.5 Å². The minimum Gasteiger partial charge on any atom is -0.396 e. The van der Waals surface area contributed by atoms with E-state index in [0.717, 1.165) is 37.2 Å². The fourth-order valence-corrected chi connectivity index (χ4v) is 12.8. The van der Waals surface area contributed by atoms with E-state index in [4.69, 9.17) is 0 Å². The average Bonchev–Trinajstić information content (AvgIpc) is 2.84. The van der Waals surface area contributed by atoms with Gasteiger partial charge in [-0.2, -0.15) is 23.5 Å². The molecule has 2 atom stereocenters. The number of aliphatic hydroxyl groups excluding tert-OH is 2. The summed E-state index contributed by atoms with van der Waals surface area (Å²) in [6, 6.07) is 7.61. The van der Waals surface area contributed by atoms with Crippen molar-refractivity contribution < 1.29 is 10.2 Å². The van der Waals surface area contributed by atoms with Crippen molar-refractivity contribution in [2.45, 2.75) is 184 Å². The lowest BCUT2D eigenvalue weighted by Crippen LogP contribution is -2.38. The quantitative estimate of drug-likeness (QED) is 0.142. The van der Waals surface area contributed by atoms with Gasteiger partial charge in [-0.15, -0.1) is 0 Å². The third-order valence-electron chi connectivity index (χ3n) is 10.6. The maximum atomic E-state index is 9.59. The van der Waals surface area contributed by atoms with Crippen LogP contribution in [-0.2, 0) is 16.2 Å². The van der Waals surface area contributed by atoms with Gasteiger partial charge >= 0.3 is 0 Å². The third kappa shape index (κ3) is 13.8. The molecule has 0 aliphatic heterocycles. The van der Waals surface area contributed by atoms with Gasteiger partial charge in [0.1, 0.15) is 0 Å². The van der Waals surface area contributed by atoms with Crippen molar-refractivity contribution in [1.82, 2.24) is 0 Å². The summed E-state index contributed by atoms with van der Waals surface area (Å²) in [4.78, 5) is 0. The molecule has 1 aromatic carbocycles. The van der Waals surface area contributed by atoms with Gasteiger partial charge in [0, 0.05) is 22.0 Å². The Labute approximate surface area is 309 Å². The molecular formula is C44H82O2S2. The van der Waals surface area contributed by atoms with Crippen LogP contribution in [0, 0.1) is 33.5 Å². The molecule has 1 aromatic rings. The van der Waals surface area contributed by atoms with Crippen LogP contribution in [0.15, 0.2) is 18.2 Å². The molecule has 48 heavy (non-hydrogen) atoms. The topological polar surface area (TPSA) is 40.5 Å². The molecule has 0 saturated heterocycles. The second kappa shape index (κ2) is 17.1. The summed E-state index contributed by atoms with van der Waals surface area (Å²) in [5.41, 5.74) is 5.12. The summed E-state index contributed by atoms with van der Waals surface area (Å²) < 4.78 is 0. The Kier molecular flexibility index (Phi) is 16.3. The molecule has 1 rings (SSSR count). The second-order valence-corrected chi connectivity index (χ2v) is 23.8. The van der Waals surface area contributed by atoms with Gasteiger partial charge in [-0.05, 0) is 92.1 Å². The van der Waals surface area contributed by atoms with E-state index in [2.05, 4.69) is 150 Å². The number of hydrogen-bond donors (Lipinski definition) is 2.